The smallest absolute Gasteiger partial charge is 0.162 e. The van der Waals surface area contributed by atoms with E-state index in [4.69, 9.17) is 9.47 Å². The summed E-state index contributed by atoms with van der Waals surface area (Å²) in [5.74, 6) is 0.596. The molecule has 0 saturated heterocycles. The second kappa shape index (κ2) is 4.63. The molecule has 5 heteroatoms. The number of ether oxygens (including phenoxy) is 2. The second-order valence-electron chi connectivity index (χ2n) is 3.70. The summed E-state index contributed by atoms with van der Waals surface area (Å²) in [6.07, 6.45) is 2.09. The summed E-state index contributed by atoms with van der Waals surface area (Å²) in [6.45, 7) is 2.22. The summed E-state index contributed by atoms with van der Waals surface area (Å²) in [4.78, 5) is 0. The van der Waals surface area contributed by atoms with Gasteiger partial charge in [-0.15, -0.1) is 0 Å². The number of aromatic nitrogens is 2. The van der Waals surface area contributed by atoms with Crippen LogP contribution in [0.4, 0.5) is 0 Å². The first-order valence-corrected chi connectivity index (χ1v) is 4.80. The first-order valence-electron chi connectivity index (χ1n) is 4.80. The maximum Gasteiger partial charge on any atom is 0.162 e. The van der Waals surface area contributed by atoms with Gasteiger partial charge in [-0.3, -0.25) is 4.68 Å². The number of methoxy groups -OCH3 is 2. The van der Waals surface area contributed by atoms with Gasteiger partial charge in [-0.25, -0.2) is 0 Å². The fourth-order valence-electron chi connectivity index (χ4n) is 1.60. The fraction of sp³-hybridized carbons (Fsp3) is 0.700. The second-order valence-corrected chi connectivity index (χ2v) is 3.70. The van der Waals surface area contributed by atoms with Gasteiger partial charge in [0.05, 0.1) is 13.3 Å². The van der Waals surface area contributed by atoms with Gasteiger partial charge in [-0.2, -0.15) is 5.10 Å². The normalized spacial score (nSPS) is 15.0. The number of nitrogens with zero attached hydrogens (tertiary/aromatic N) is 2. The molecule has 0 aliphatic heterocycles. The van der Waals surface area contributed by atoms with Crippen molar-refractivity contribution in [3.05, 3.63) is 11.9 Å². The van der Waals surface area contributed by atoms with Gasteiger partial charge < -0.3 is 14.6 Å². The van der Waals surface area contributed by atoms with Crippen molar-refractivity contribution >= 4 is 0 Å². The molecule has 1 aromatic rings. The maximum absolute atomic E-state index is 10.3. The first-order chi connectivity index (χ1) is 7.03. The standard InChI is InChI=1S/C10H18N2O3/c1-10(13,5-6-14-3)9-8(15-4)7-11-12(9)2/h7,13H,5-6H2,1-4H3. The van der Waals surface area contributed by atoms with Crippen molar-refractivity contribution in [2.45, 2.75) is 18.9 Å². The molecule has 0 aliphatic rings. The lowest BCUT2D eigenvalue weighted by molar-refractivity contribution is 0.0124. The van der Waals surface area contributed by atoms with Crippen LogP contribution < -0.4 is 4.74 Å². The van der Waals surface area contributed by atoms with Crippen LogP contribution in [0.1, 0.15) is 19.0 Å². The predicted octanol–water partition coefficient (Wildman–Crippen LogP) is 0.673. The summed E-state index contributed by atoms with van der Waals surface area (Å²) in [6, 6.07) is 0. The zero-order valence-corrected chi connectivity index (χ0v) is 9.65. The SMILES string of the molecule is COCCC(C)(O)c1c(OC)cnn1C. The number of rotatable bonds is 5. The largest absolute Gasteiger partial charge is 0.493 e. The molecule has 1 unspecified atom stereocenters. The molecule has 1 aromatic heterocycles. The summed E-state index contributed by atoms with van der Waals surface area (Å²) in [5, 5.41) is 14.3. The highest BCUT2D eigenvalue weighted by atomic mass is 16.5. The van der Waals surface area contributed by atoms with E-state index in [1.165, 1.54) is 0 Å². The molecule has 15 heavy (non-hydrogen) atoms. The molecule has 0 amide bonds. The van der Waals surface area contributed by atoms with E-state index in [9.17, 15) is 5.11 Å². The van der Waals surface area contributed by atoms with E-state index in [1.54, 1.807) is 39.1 Å². The minimum absolute atomic E-state index is 0.487. The van der Waals surface area contributed by atoms with Gasteiger partial charge in [0.2, 0.25) is 0 Å². The molecule has 0 fully saturated rings. The van der Waals surface area contributed by atoms with Gasteiger partial charge in [0, 0.05) is 27.2 Å². The summed E-state index contributed by atoms with van der Waals surface area (Å²) in [5.41, 5.74) is -0.325. The van der Waals surface area contributed by atoms with Crippen molar-refractivity contribution in [3.63, 3.8) is 0 Å². The lowest BCUT2D eigenvalue weighted by Crippen LogP contribution is -2.26. The number of hydrogen-bond donors (Lipinski definition) is 1. The number of aryl methyl sites for hydroxylation is 1. The molecule has 1 rings (SSSR count). The van der Waals surface area contributed by atoms with Gasteiger partial charge in [0.15, 0.2) is 5.75 Å². The molecule has 5 nitrogen and oxygen atoms in total. The van der Waals surface area contributed by atoms with Crippen molar-refractivity contribution in [1.82, 2.24) is 9.78 Å². The average Bonchev–Trinajstić information content (AvgIpc) is 2.57. The zero-order valence-electron chi connectivity index (χ0n) is 9.65. The molecule has 0 saturated carbocycles. The highest BCUT2D eigenvalue weighted by molar-refractivity contribution is 5.30. The predicted molar refractivity (Wildman–Crippen MR) is 55.8 cm³/mol. The van der Waals surface area contributed by atoms with E-state index in [2.05, 4.69) is 5.10 Å². The molecule has 0 radical (unpaired) electrons. The van der Waals surface area contributed by atoms with Gasteiger partial charge >= 0.3 is 0 Å². The Bertz CT molecular complexity index is 320. The summed E-state index contributed by atoms with van der Waals surface area (Å²) < 4.78 is 11.7. The average molecular weight is 214 g/mol. The van der Waals surface area contributed by atoms with Crippen LogP contribution in [-0.4, -0.2) is 35.7 Å². The van der Waals surface area contributed by atoms with Crippen molar-refractivity contribution in [2.24, 2.45) is 7.05 Å². The zero-order chi connectivity index (χ0) is 11.5. The Balaban J connectivity index is 2.96. The lowest BCUT2D eigenvalue weighted by atomic mass is 9.98. The third kappa shape index (κ3) is 2.49. The Morgan fingerprint density at radius 2 is 2.20 bits per heavy atom. The monoisotopic (exact) mass is 214 g/mol. The Morgan fingerprint density at radius 3 is 2.73 bits per heavy atom. The van der Waals surface area contributed by atoms with Gasteiger partial charge in [-0.05, 0) is 6.92 Å². The third-order valence-corrected chi connectivity index (χ3v) is 2.43. The molecule has 1 N–H and O–H groups in total. The fourth-order valence-corrected chi connectivity index (χ4v) is 1.60. The van der Waals surface area contributed by atoms with E-state index in [0.717, 1.165) is 0 Å². The highest BCUT2D eigenvalue weighted by Crippen LogP contribution is 2.31. The Kier molecular flexibility index (Phi) is 3.71. The molecule has 0 aliphatic carbocycles. The molecule has 0 spiro atoms. The van der Waals surface area contributed by atoms with E-state index in [0.29, 0.717) is 24.5 Å². The van der Waals surface area contributed by atoms with Crippen molar-refractivity contribution in [1.29, 1.82) is 0 Å². The topological polar surface area (TPSA) is 56.5 Å². The molecule has 0 aromatic carbocycles. The van der Waals surface area contributed by atoms with Crippen LogP contribution in [0.25, 0.3) is 0 Å². The van der Waals surface area contributed by atoms with Crippen LogP contribution in [0.15, 0.2) is 6.20 Å². The van der Waals surface area contributed by atoms with Crippen molar-refractivity contribution in [2.75, 3.05) is 20.8 Å². The molecular weight excluding hydrogens is 196 g/mol. The number of aliphatic hydroxyl groups is 1. The first kappa shape index (κ1) is 12.0. The Hall–Kier alpha value is -1.07. The lowest BCUT2D eigenvalue weighted by Gasteiger charge is -2.24. The molecule has 1 heterocycles. The summed E-state index contributed by atoms with van der Waals surface area (Å²) >= 11 is 0. The van der Waals surface area contributed by atoms with Crippen molar-refractivity contribution < 1.29 is 14.6 Å². The Morgan fingerprint density at radius 1 is 1.53 bits per heavy atom. The van der Waals surface area contributed by atoms with Crippen molar-refractivity contribution in [3.8, 4) is 5.75 Å². The van der Waals surface area contributed by atoms with Gasteiger partial charge in [-0.1, -0.05) is 0 Å². The molecular formula is C10H18N2O3. The van der Waals surface area contributed by atoms with Crippen LogP contribution in [0.2, 0.25) is 0 Å². The van der Waals surface area contributed by atoms with Gasteiger partial charge in [0.1, 0.15) is 11.3 Å². The highest BCUT2D eigenvalue weighted by Gasteiger charge is 2.30. The van der Waals surface area contributed by atoms with E-state index in [-0.39, 0.29) is 0 Å². The minimum atomic E-state index is -0.993. The molecule has 1 atom stereocenters. The summed E-state index contributed by atoms with van der Waals surface area (Å²) in [7, 11) is 4.95. The van der Waals surface area contributed by atoms with Crippen LogP contribution in [-0.2, 0) is 17.4 Å². The quantitative estimate of drug-likeness (QED) is 0.782. The maximum atomic E-state index is 10.3. The molecule has 0 bridgehead atoms. The Labute approximate surface area is 89.6 Å². The van der Waals surface area contributed by atoms with E-state index >= 15 is 0 Å². The minimum Gasteiger partial charge on any atom is -0.493 e. The van der Waals surface area contributed by atoms with E-state index < -0.39 is 5.60 Å². The third-order valence-electron chi connectivity index (χ3n) is 2.43. The molecule has 86 valence electrons. The number of hydrogen-bond acceptors (Lipinski definition) is 4. The van der Waals surface area contributed by atoms with Crippen LogP contribution in [0.3, 0.4) is 0 Å². The van der Waals surface area contributed by atoms with Gasteiger partial charge in [0.25, 0.3) is 0 Å². The van der Waals surface area contributed by atoms with E-state index in [1.807, 2.05) is 0 Å². The van der Waals surface area contributed by atoms with Crippen LogP contribution >= 0.6 is 0 Å². The van der Waals surface area contributed by atoms with Crippen LogP contribution in [0, 0.1) is 0 Å². The van der Waals surface area contributed by atoms with Crippen LogP contribution in [0.5, 0.6) is 5.75 Å².